The maximum absolute atomic E-state index is 13.0. The molecule has 2 aromatic heterocycles. The zero-order valence-electron chi connectivity index (χ0n) is 19.0. The third-order valence-electron chi connectivity index (χ3n) is 6.47. The van der Waals surface area contributed by atoms with Crippen LogP contribution in [0.25, 0.3) is 11.2 Å². The third-order valence-corrected chi connectivity index (χ3v) is 6.47. The molecular weight excluding hydrogens is 425 g/mol. The number of pyridine rings is 1. The average molecular weight is 456 g/mol. The summed E-state index contributed by atoms with van der Waals surface area (Å²) in [7, 11) is 2.08. The smallest absolute Gasteiger partial charge is 0.255 e. The molecule has 4 heterocycles. The van der Waals surface area contributed by atoms with Gasteiger partial charge in [-0.05, 0) is 48.9 Å². The summed E-state index contributed by atoms with van der Waals surface area (Å²) in [6.07, 6.45) is 4.61. The fourth-order valence-electron chi connectivity index (χ4n) is 4.66. The number of aromatic amines is 1. The Kier molecular flexibility index (Phi) is 7.08. The van der Waals surface area contributed by atoms with Crippen LogP contribution in [-0.4, -0.2) is 66.3 Å². The van der Waals surface area contributed by atoms with Crippen LogP contribution in [0.3, 0.4) is 0 Å². The van der Waals surface area contributed by atoms with E-state index in [4.69, 9.17) is 20.2 Å². The van der Waals surface area contributed by atoms with E-state index in [0.29, 0.717) is 55.7 Å². The lowest BCUT2D eigenvalue weighted by atomic mass is 9.89. The van der Waals surface area contributed by atoms with Crippen molar-refractivity contribution in [3.63, 3.8) is 0 Å². The Morgan fingerprint density at radius 3 is 2.67 bits per heavy atom. The molecule has 8 nitrogen and oxygen atoms in total. The highest BCUT2D eigenvalue weighted by molar-refractivity contribution is 5.99. The van der Waals surface area contributed by atoms with Crippen molar-refractivity contribution in [2.45, 2.75) is 31.1 Å². The van der Waals surface area contributed by atoms with E-state index < -0.39 is 0 Å². The number of halogens is 1. The number of nitrogens with two attached hydrogens (primary N) is 1. The number of likely N-dealkylation sites (tertiary alicyclic amines) is 1. The van der Waals surface area contributed by atoms with Gasteiger partial charge in [0.15, 0.2) is 5.65 Å². The SMILES string of the molecule is CF.COc1ccc(C(=O)N2CCC(c3ccnc4nc(C5CCOC5)[nH]c34)CC2)c(N)c1. The van der Waals surface area contributed by atoms with Gasteiger partial charge in [0.05, 0.1) is 32.0 Å². The number of amides is 1. The number of nitrogens with zero attached hydrogens (tertiary/aromatic N) is 3. The number of imidazole rings is 1. The molecule has 9 heteroatoms. The van der Waals surface area contributed by atoms with E-state index in [-0.39, 0.29) is 5.91 Å². The van der Waals surface area contributed by atoms with Crippen LogP contribution >= 0.6 is 0 Å². The minimum absolute atomic E-state index is 0.0245. The summed E-state index contributed by atoms with van der Waals surface area (Å²) in [4.78, 5) is 27.6. The lowest BCUT2D eigenvalue weighted by Crippen LogP contribution is -2.38. The second-order valence-electron chi connectivity index (χ2n) is 8.30. The summed E-state index contributed by atoms with van der Waals surface area (Å²) in [6, 6.07) is 7.29. The molecular formula is C24H30FN5O3. The maximum atomic E-state index is 13.0. The molecule has 5 rings (SSSR count). The van der Waals surface area contributed by atoms with Crippen molar-refractivity contribution < 1.29 is 18.7 Å². The van der Waals surface area contributed by atoms with Gasteiger partial charge < -0.3 is 25.1 Å². The number of anilines is 1. The summed E-state index contributed by atoms with van der Waals surface area (Å²) in [5, 5.41) is 0. The number of carbonyl (C=O) groups excluding carboxylic acids is 1. The van der Waals surface area contributed by atoms with Crippen molar-refractivity contribution in [2.75, 3.05) is 46.3 Å². The summed E-state index contributed by atoms with van der Waals surface area (Å²) >= 11 is 0. The number of alkyl halides is 1. The number of fused-ring (bicyclic) bond motifs is 1. The molecule has 0 aliphatic carbocycles. The lowest BCUT2D eigenvalue weighted by Gasteiger charge is -2.32. The molecule has 0 spiro atoms. The van der Waals surface area contributed by atoms with Gasteiger partial charge in [-0.2, -0.15) is 0 Å². The summed E-state index contributed by atoms with van der Waals surface area (Å²) in [6.45, 7) is 2.88. The Morgan fingerprint density at radius 1 is 1.21 bits per heavy atom. The van der Waals surface area contributed by atoms with Crippen LogP contribution in [0.5, 0.6) is 5.75 Å². The Morgan fingerprint density at radius 2 is 2.00 bits per heavy atom. The van der Waals surface area contributed by atoms with Crippen molar-refractivity contribution in [2.24, 2.45) is 0 Å². The highest BCUT2D eigenvalue weighted by Gasteiger charge is 2.28. The predicted octanol–water partition coefficient (Wildman–Crippen LogP) is 3.66. The van der Waals surface area contributed by atoms with Crippen LogP contribution in [0.15, 0.2) is 30.5 Å². The van der Waals surface area contributed by atoms with Crippen LogP contribution in [0.1, 0.15) is 52.8 Å². The van der Waals surface area contributed by atoms with Gasteiger partial charge in [0.2, 0.25) is 0 Å². The van der Waals surface area contributed by atoms with E-state index in [1.165, 1.54) is 5.56 Å². The highest BCUT2D eigenvalue weighted by Crippen LogP contribution is 2.34. The second kappa shape index (κ2) is 10.2. The minimum Gasteiger partial charge on any atom is -0.497 e. The summed E-state index contributed by atoms with van der Waals surface area (Å²) in [5.74, 6) is 2.27. The number of piperidine rings is 1. The molecule has 1 atom stereocenters. The lowest BCUT2D eigenvalue weighted by molar-refractivity contribution is 0.0714. The van der Waals surface area contributed by atoms with Gasteiger partial charge in [0.25, 0.3) is 5.91 Å². The molecule has 1 unspecified atom stereocenters. The highest BCUT2D eigenvalue weighted by atomic mass is 19.1. The Balaban J connectivity index is 0.00000126. The first kappa shape index (κ1) is 23.0. The van der Waals surface area contributed by atoms with Gasteiger partial charge in [-0.15, -0.1) is 0 Å². The van der Waals surface area contributed by atoms with Gasteiger partial charge in [-0.1, -0.05) is 0 Å². The number of nitrogen functional groups attached to an aromatic ring is 1. The number of ether oxygens (including phenoxy) is 2. The van der Waals surface area contributed by atoms with Gasteiger partial charge in [-0.25, -0.2) is 9.97 Å². The van der Waals surface area contributed by atoms with E-state index >= 15 is 0 Å². The topological polar surface area (TPSA) is 106 Å². The molecule has 3 N–H and O–H groups in total. The zero-order valence-corrected chi connectivity index (χ0v) is 19.0. The molecule has 2 aliphatic heterocycles. The summed E-state index contributed by atoms with van der Waals surface area (Å²) < 4.78 is 20.2. The molecule has 176 valence electrons. The Labute approximate surface area is 192 Å². The van der Waals surface area contributed by atoms with Crippen molar-refractivity contribution in [1.82, 2.24) is 19.9 Å². The van der Waals surface area contributed by atoms with Crippen LogP contribution < -0.4 is 10.5 Å². The van der Waals surface area contributed by atoms with Gasteiger partial charge in [0, 0.05) is 43.6 Å². The number of benzene rings is 1. The van der Waals surface area contributed by atoms with E-state index in [1.807, 2.05) is 11.1 Å². The number of H-pyrrole nitrogens is 1. The number of aromatic nitrogens is 3. The normalized spacial score (nSPS) is 18.8. The van der Waals surface area contributed by atoms with E-state index in [1.54, 1.807) is 25.3 Å². The molecule has 1 amide bonds. The molecule has 2 aliphatic rings. The molecule has 0 radical (unpaired) electrons. The Bertz CT molecular complexity index is 1100. The van der Waals surface area contributed by atoms with Crippen molar-refractivity contribution in [1.29, 1.82) is 0 Å². The standard InChI is InChI=1S/C23H27N5O3.CH3F/c1-30-16-2-3-18(19(24)12-16)23(29)28-9-5-14(6-10-28)17-4-8-25-22-20(17)26-21(27-22)15-7-11-31-13-15;1-2/h2-4,8,12,14-15H,5-7,9-11,13,24H2,1H3,(H,25,26,27);1H3. The summed E-state index contributed by atoms with van der Waals surface area (Å²) in [5.41, 5.74) is 10.1. The number of rotatable bonds is 4. The monoisotopic (exact) mass is 455 g/mol. The predicted molar refractivity (Wildman–Crippen MR) is 124 cm³/mol. The molecule has 2 saturated heterocycles. The Hall–Kier alpha value is -3.20. The van der Waals surface area contributed by atoms with Crippen molar-refractivity contribution in [3.05, 3.63) is 47.4 Å². The van der Waals surface area contributed by atoms with Crippen molar-refractivity contribution >= 4 is 22.8 Å². The quantitative estimate of drug-likeness (QED) is 0.582. The molecule has 1 aromatic carbocycles. The minimum atomic E-state index is -0.0245. The van der Waals surface area contributed by atoms with Gasteiger partial charge in [-0.3, -0.25) is 9.18 Å². The number of methoxy groups -OCH3 is 1. The largest absolute Gasteiger partial charge is 0.497 e. The number of hydrogen-bond donors (Lipinski definition) is 2. The maximum Gasteiger partial charge on any atom is 0.255 e. The molecule has 33 heavy (non-hydrogen) atoms. The molecule has 0 saturated carbocycles. The first-order chi connectivity index (χ1) is 16.1. The van der Waals surface area contributed by atoms with Gasteiger partial charge >= 0.3 is 0 Å². The van der Waals surface area contributed by atoms with Crippen LogP contribution in [0.2, 0.25) is 0 Å². The van der Waals surface area contributed by atoms with Crippen molar-refractivity contribution in [3.8, 4) is 5.75 Å². The fraction of sp³-hybridized carbons (Fsp3) is 0.458. The number of nitrogens with one attached hydrogen (secondary N) is 1. The fourth-order valence-corrected chi connectivity index (χ4v) is 4.66. The molecule has 2 fully saturated rings. The second-order valence-corrected chi connectivity index (χ2v) is 8.30. The van der Waals surface area contributed by atoms with Crippen LogP contribution in [-0.2, 0) is 4.74 Å². The van der Waals surface area contributed by atoms with E-state index in [9.17, 15) is 9.18 Å². The zero-order chi connectivity index (χ0) is 23.4. The number of carbonyl (C=O) groups is 1. The van der Waals surface area contributed by atoms with Crippen LogP contribution in [0.4, 0.5) is 10.1 Å². The van der Waals surface area contributed by atoms with E-state index in [0.717, 1.165) is 42.9 Å². The molecule has 3 aromatic rings. The van der Waals surface area contributed by atoms with Gasteiger partial charge in [0.1, 0.15) is 11.6 Å². The van der Waals surface area contributed by atoms with Crippen LogP contribution in [0, 0.1) is 0 Å². The number of hydrogen-bond acceptors (Lipinski definition) is 6. The first-order valence-electron chi connectivity index (χ1n) is 11.2. The van der Waals surface area contributed by atoms with E-state index in [2.05, 4.69) is 16.0 Å². The average Bonchev–Trinajstić information content (AvgIpc) is 3.55. The molecule has 0 bridgehead atoms. The first-order valence-corrected chi connectivity index (χ1v) is 11.2. The third kappa shape index (κ3) is 4.64.